The lowest BCUT2D eigenvalue weighted by molar-refractivity contribution is -0.140. The van der Waals surface area contributed by atoms with E-state index in [-0.39, 0.29) is 36.0 Å². The topological polar surface area (TPSA) is 83.5 Å². The summed E-state index contributed by atoms with van der Waals surface area (Å²) in [5.74, 6) is 1.21. The number of carbonyl (C=O) groups is 2. The Morgan fingerprint density at radius 1 is 1.20 bits per heavy atom. The maximum Gasteiger partial charge on any atom is 0.410 e. The lowest BCUT2D eigenvalue weighted by Crippen LogP contribution is -2.48. The summed E-state index contributed by atoms with van der Waals surface area (Å²) < 4.78 is 10.2. The molecule has 1 saturated heterocycles. The largest absolute Gasteiger partial charge is 0.469 e. The van der Waals surface area contributed by atoms with Crippen molar-refractivity contribution in [1.82, 2.24) is 15.1 Å². The number of esters is 1. The Morgan fingerprint density at radius 2 is 1.83 bits per heavy atom. The molecule has 1 rings (SSSR count). The van der Waals surface area contributed by atoms with Crippen LogP contribution in [0.3, 0.4) is 0 Å². The molecule has 9 heteroatoms. The fraction of sp³-hybridized carbons (Fsp3) is 0.857. The van der Waals surface area contributed by atoms with E-state index in [1.165, 1.54) is 7.11 Å². The summed E-state index contributed by atoms with van der Waals surface area (Å²) in [7, 11) is 3.21. The second kappa shape index (κ2) is 14.7. The van der Waals surface area contributed by atoms with Crippen molar-refractivity contribution in [3.63, 3.8) is 0 Å². The van der Waals surface area contributed by atoms with Crippen LogP contribution < -0.4 is 5.32 Å². The molecule has 1 aliphatic rings. The molecule has 0 aliphatic carbocycles. The van der Waals surface area contributed by atoms with Gasteiger partial charge in [0.05, 0.1) is 7.11 Å². The highest BCUT2D eigenvalue weighted by molar-refractivity contribution is 14.0. The Morgan fingerprint density at radius 3 is 2.33 bits per heavy atom. The number of nitrogens with zero attached hydrogens (tertiary/aromatic N) is 3. The number of guanidine groups is 1. The molecule has 0 radical (unpaired) electrons. The average Bonchev–Trinajstić information content (AvgIpc) is 2.67. The van der Waals surface area contributed by atoms with E-state index in [9.17, 15) is 9.59 Å². The number of carbonyl (C=O) groups excluding carboxylic acids is 2. The van der Waals surface area contributed by atoms with Gasteiger partial charge in [-0.25, -0.2) is 4.79 Å². The number of unbranched alkanes of at least 4 members (excludes halogenated alkanes) is 1. The van der Waals surface area contributed by atoms with E-state index >= 15 is 0 Å². The molecule has 176 valence electrons. The lowest BCUT2D eigenvalue weighted by atomic mass is 9.96. The first-order chi connectivity index (χ1) is 13.7. The smallest absolute Gasteiger partial charge is 0.410 e. The number of nitrogens with one attached hydrogen (secondary N) is 1. The van der Waals surface area contributed by atoms with Crippen LogP contribution >= 0.6 is 24.0 Å². The summed E-state index contributed by atoms with van der Waals surface area (Å²) >= 11 is 0. The highest BCUT2D eigenvalue weighted by Crippen LogP contribution is 2.20. The first kappa shape index (κ1) is 28.7. The van der Waals surface area contributed by atoms with Crippen molar-refractivity contribution < 1.29 is 19.1 Å². The zero-order chi connectivity index (χ0) is 21.9. The van der Waals surface area contributed by atoms with Crippen LogP contribution in [0.1, 0.15) is 59.8 Å². The van der Waals surface area contributed by atoms with Crippen molar-refractivity contribution in [2.24, 2.45) is 10.9 Å². The molecule has 1 amide bonds. The van der Waals surface area contributed by atoms with Crippen molar-refractivity contribution in [3.05, 3.63) is 0 Å². The molecule has 0 aromatic rings. The van der Waals surface area contributed by atoms with E-state index in [1.54, 1.807) is 11.9 Å². The minimum absolute atomic E-state index is 0. The summed E-state index contributed by atoms with van der Waals surface area (Å²) in [4.78, 5) is 32.0. The molecule has 1 fully saturated rings. The van der Waals surface area contributed by atoms with E-state index in [0.717, 1.165) is 57.8 Å². The van der Waals surface area contributed by atoms with Gasteiger partial charge in [0.25, 0.3) is 0 Å². The number of rotatable bonds is 8. The van der Waals surface area contributed by atoms with E-state index in [1.807, 2.05) is 27.7 Å². The normalized spacial score (nSPS) is 15.3. The Bertz CT molecular complexity index is 544. The standard InChI is InChI=1S/C21H40N4O4.HI/c1-7-24(20(27)29-21(2,3)4)16-17-11-14-25(15-12-17)19(22-5)23-13-9-8-10-18(26)28-6;/h17H,7-16H2,1-6H3,(H,22,23);1H. The quantitative estimate of drug-likeness (QED) is 0.167. The molecule has 0 spiro atoms. The minimum atomic E-state index is -0.469. The zero-order valence-electron chi connectivity index (χ0n) is 19.5. The third kappa shape index (κ3) is 11.2. The van der Waals surface area contributed by atoms with Gasteiger partial charge in [0.1, 0.15) is 5.60 Å². The monoisotopic (exact) mass is 540 g/mol. The highest BCUT2D eigenvalue weighted by atomic mass is 127. The molecule has 30 heavy (non-hydrogen) atoms. The van der Waals surface area contributed by atoms with Gasteiger partial charge in [-0.15, -0.1) is 24.0 Å². The fourth-order valence-corrected chi connectivity index (χ4v) is 3.33. The van der Waals surface area contributed by atoms with Gasteiger partial charge in [-0.2, -0.15) is 0 Å². The molecule has 1 heterocycles. The van der Waals surface area contributed by atoms with Crippen molar-refractivity contribution in [1.29, 1.82) is 0 Å². The van der Waals surface area contributed by atoms with E-state index in [2.05, 4.69) is 19.9 Å². The maximum absolute atomic E-state index is 12.4. The number of hydrogen-bond acceptors (Lipinski definition) is 5. The number of aliphatic imine (C=N–C) groups is 1. The van der Waals surface area contributed by atoms with Gasteiger partial charge in [-0.3, -0.25) is 9.79 Å². The van der Waals surface area contributed by atoms with Crippen molar-refractivity contribution in [2.45, 2.75) is 65.4 Å². The molecule has 1 N–H and O–H groups in total. The number of methoxy groups -OCH3 is 1. The van der Waals surface area contributed by atoms with Crippen LogP contribution in [0, 0.1) is 5.92 Å². The second-order valence-electron chi connectivity index (χ2n) is 8.46. The van der Waals surface area contributed by atoms with Crippen LogP contribution in [-0.4, -0.2) is 80.3 Å². The first-order valence-electron chi connectivity index (χ1n) is 10.7. The summed E-state index contributed by atoms with van der Waals surface area (Å²) in [5, 5.41) is 3.38. The van der Waals surface area contributed by atoms with Gasteiger partial charge in [-0.1, -0.05) is 0 Å². The van der Waals surface area contributed by atoms with Gasteiger partial charge in [0.2, 0.25) is 0 Å². The van der Waals surface area contributed by atoms with Gasteiger partial charge < -0.3 is 24.6 Å². The Balaban J connectivity index is 0.00000841. The predicted octanol–water partition coefficient (Wildman–Crippen LogP) is 3.49. The van der Waals surface area contributed by atoms with Gasteiger partial charge >= 0.3 is 12.1 Å². The van der Waals surface area contributed by atoms with Gasteiger partial charge in [-0.05, 0) is 59.3 Å². The Hall–Kier alpha value is -1.26. The molecule has 1 aliphatic heterocycles. The molecular weight excluding hydrogens is 499 g/mol. The summed E-state index contributed by atoms with van der Waals surface area (Å²) in [5.41, 5.74) is -0.469. The van der Waals surface area contributed by atoms with Crippen LogP contribution in [0.5, 0.6) is 0 Å². The second-order valence-corrected chi connectivity index (χ2v) is 8.46. The van der Waals surface area contributed by atoms with Crippen molar-refractivity contribution in [2.75, 3.05) is 46.9 Å². The number of piperidine rings is 1. The van der Waals surface area contributed by atoms with Gasteiger partial charge in [0, 0.05) is 46.2 Å². The maximum atomic E-state index is 12.4. The number of ether oxygens (including phenoxy) is 2. The molecule has 0 atom stereocenters. The van der Waals surface area contributed by atoms with Crippen molar-refractivity contribution >= 4 is 42.0 Å². The Labute approximate surface area is 199 Å². The number of likely N-dealkylation sites (tertiary alicyclic amines) is 1. The molecule has 0 aromatic carbocycles. The minimum Gasteiger partial charge on any atom is -0.469 e. The number of halogens is 1. The predicted molar refractivity (Wildman–Crippen MR) is 130 cm³/mol. The average molecular weight is 540 g/mol. The number of amides is 1. The first-order valence-corrected chi connectivity index (χ1v) is 10.7. The van der Waals surface area contributed by atoms with Crippen LogP contribution in [0.15, 0.2) is 4.99 Å². The van der Waals surface area contributed by atoms with Crippen LogP contribution in [0.25, 0.3) is 0 Å². The summed E-state index contributed by atoms with van der Waals surface area (Å²) in [6.07, 6.45) is 3.95. The summed E-state index contributed by atoms with van der Waals surface area (Å²) in [6.45, 7) is 11.7. The fourth-order valence-electron chi connectivity index (χ4n) is 3.33. The molecule has 0 aromatic heterocycles. The van der Waals surface area contributed by atoms with Crippen molar-refractivity contribution in [3.8, 4) is 0 Å². The molecule has 0 saturated carbocycles. The number of hydrogen-bond donors (Lipinski definition) is 1. The summed E-state index contributed by atoms with van der Waals surface area (Å²) in [6, 6.07) is 0. The third-order valence-corrected chi connectivity index (χ3v) is 4.96. The SMILES string of the molecule is CCN(CC1CCN(C(=NC)NCCCCC(=O)OC)CC1)C(=O)OC(C)(C)C.I. The zero-order valence-corrected chi connectivity index (χ0v) is 21.9. The van der Waals surface area contributed by atoms with Gasteiger partial charge in [0.15, 0.2) is 5.96 Å². The third-order valence-electron chi connectivity index (χ3n) is 4.96. The van der Waals surface area contributed by atoms with Crippen LogP contribution in [-0.2, 0) is 14.3 Å². The van der Waals surface area contributed by atoms with E-state index < -0.39 is 5.60 Å². The highest BCUT2D eigenvalue weighted by Gasteiger charge is 2.27. The van der Waals surface area contributed by atoms with Crippen LogP contribution in [0.2, 0.25) is 0 Å². The molecule has 0 bridgehead atoms. The van der Waals surface area contributed by atoms with E-state index in [0.29, 0.717) is 18.9 Å². The lowest BCUT2D eigenvalue weighted by Gasteiger charge is -2.36. The molecule has 8 nitrogen and oxygen atoms in total. The van der Waals surface area contributed by atoms with Crippen LogP contribution in [0.4, 0.5) is 4.79 Å². The van der Waals surface area contributed by atoms with E-state index in [4.69, 9.17) is 4.74 Å². The Kier molecular flexibility index (Phi) is 14.1. The molecule has 0 unspecified atom stereocenters. The molecular formula is C21H41IN4O4.